The van der Waals surface area contributed by atoms with Crippen molar-refractivity contribution in [1.29, 1.82) is 0 Å². The molecule has 0 aliphatic rings. The van der Waals surface area contributed by atoms with Crippen LogP contribution in [0.25, 0.3) is 22.0 Å². The zero-order chi connectivity index (χ0) is 18.0. The van der Waals surface area contributed by atoms with E-state index >= 15 is 0 Å². The van der Waals surface area contributed by atoms with E-state index in [1.165, 1.54) is 0 Å². The summed E-state index contributed by atoms with van der Waals surface area (Å²) in [6, 6.07) is 12.7. The molecular weight excluding hydrogens is 406 g/mol. The minimum absolute atomic E-state index is 0.117. The molecule has 0 radical (unpaired) electrons. The van der Waals surface area contributed by atoms with Crippen LogP contribution in [0.5, 0.6) is 0 Å². The van der Waals surface area contributed by atoms with Gasteiger partial charge in [0.1, 0.15) is 0 Å². The number of fused-ring (bicyclic) bond motifs is 1. The Balaban J connectivity index is 2.13. The minimum Gasteiger partial charge on any atom is -0.466 e. The molecular formula is C19H15BrClNO3. The van der Waals surface area contributed by atoms with Gasteiger partial charge in [-0.05, 0) is 52.2 Å². The highest BCUT2D eigenvalue weighted by atomic mass is 79.9. The monoisotopic (exact) mass is 419 g/mol. The van der Waals surface area contributed by atoms with Crippen LogP contribution >= 0.6 is 27.5 Å². The third-order valence-electron chi connectivity index (χ3n) is 3.83. The first-order valence-corrected chi connectivity index (χ1v) is 8.92. The summed E-state index contributed by atoms with van der Waals surface area (Å²) in [4.78, 5) is 27.3. The number of aromatic nitrogens is 1. The van der Waals surface area contributed by atoms with E-state index in [4.69, 9.17) is 16.3 Å². The number of ether oxygens (including phenoxy) is 1. The fraction of sp³-hybridized carbons (Fsp3) is 0.158. The van der Waals surface area contributed by atoms with E-state index in [1.807, 2.05) is 30.3 Å². The quantitative estimate of drug-likeness (QED) is 0.622. The number of halogens is 2. The van der Waals surface area contributed by atoms with Gasteiger partial charge in [-0.1, -0.05) is 35.9 Å². The average molecular weight is 421 g/mol. The third-order valence-corrected chi connectivity index (χ3v) is 5.03. The molecule has 3 aromatic rings. The molecule has 6 heteroatoms. The molecule has 0 saturated carbocycles. The van der Waals surface area contributed by atoms with Gasteiger partial charge in [0.2, 0.25) is 0 Å². The molecule has 1 N–H and O–H groups in total. The van der Waals surface area contributed by atoms with E-state index in [1.54, 1.807) is 19.1 Å². The highest BCUT2D eigenvalue weighted by Gasteiger charge is 2.14. The Hall–Kier alpha value is -2.11. The van der Waals surface area contributed by atoms with E-state index in [0.717, 1.165) is 15.4 Å². The molecule has 128 valence electrons. The van der Waals surface area contributed by atoms with Gasteiger partial charge >= 0.3 is 5.97 Å². The zero-order valence-electron chi connectivity index (χ0n) is 13.4. The summed E-state index contributed by atoms with van der Waals surface area (Å²) in [5.41, 5.74) is 2.39. The summed E-state index contributed by atoms with van der Waals surface area (Å²) >= 11 is 9.48. The first-order valence-electron chi connectivity index (χ1n) is 7.75. The van der Waals surface area contributed by atoms with Crippen LogP contribution in [0.4, 0.5) is 0 Å². The number of carbonyl (C=O) groups is 1. The van der Waals surface area contributed by atoms with Crippen LogP contribution in [0.3, 0.4) is 0 Å². The first kappa shape index (κ1) is 17.7. The molecule has 0 amide bonds. The second kappa shape index (κ2) is 7.42. The van der Waals surface area contributed by atoms with Gasteiger partial charge in [0.25, 0.3) is 5.56 Å². The number of benzene rings is 2. The van der Waals surface area contributed by atoms with Crippen LogP contribution in [0.1, 0.15) is 12.5 Å². The second-order valence-corrected chi connectivity index (χ2v) is 6.77. The highest BCUT2D eigenvalue weighted by Crippen LogP contribution is 2.29. The van der Waals surface area contributed by atoms with Gasteiger partial charge in [-0.15, -0.1) is 0 Å². The smallest absolute Gasteiger partial charge is 0.310 e. The number of pyridine rings is 1. The lowest BCUT2D eigenvalue weighted by atomic mass is 9.97. The fourth-order valence-electron chi connectivity index (χ4n) is 2.71. The lowest BCUT2D eigenvalue weighted by Gasteiger charge is -2.10. The summed E-state index contributed by atoms with van der Waals surface area (Å²) in [5, 5.41) is 1.37. The molecule has 2 aromatic carbocycles. The van der Waals surface area contributed by atoms with Crippen molar-refractivity contribution in [3.63, 3.8) is 0 Å². The Morgan fingerprint density at radius 3 is 2.72 bits per heavy atom. The van der Waals surface area contributed by atoms with Crippen LogP contribution in [-0.2, 0) is 16.0 Å². The van der Waals surface area contributed by atoms with Crippen LogP contribution in [0.2, 0.25) is 5.02 Å². The number of H-pyrrole nitrogens is 1. The van der Waals surface area contributed by atoms with Gasteiger partial charge in [0.05, 0.1) is 18.1 Å². The summed E-state index contributed by atoms with van der Waals surface area (Å²) in [6.45, 7) is 2.09. The van der Waals surface area contributed by atoms with Crippen LogP contribution < -0.4 is 5.56 Å². The van der Waals surface area contributed by atoms with Gasteiger partial charge < -0.3 is 9.72 Å². The topological polar surface area (TPSA) is 59.2 Å². The average Bonchev–Trinajstić information content (AvgIpc) is 2.57. The van der Waals surface area contributed by atoms with Crippen LogP contribution in [-0.4, -0.2) is 17.6 Å². The van der Waals surface area contributed by atoms with E-state index in [-0.39, 0.29) is 17.9 Å². The van der Waals surface area contributed by atoms with Gasteiger partial charge in [0.15, 0.2) is 0 Å². The number of hydrogen-bond acceptors (Lipinski definition) is 3. The van der Waals surface area contributed by atoms with Crippen molar-refractivity contribution < 1.29 is 9.53 Å². The highest BCUT2D eigenvalue weighted by molar-refractivity contribution is 9.10. The standard InChI is InChI=1S/C19H15BrClNO3/c1-2-25-18(23)9-11-5-3-4-6-13(11)14-7-12-8-15(20)16(21)10-17(12)22-19(14)24/h3-8,10H,2,9H2,1H3,(H,22,24). The fourth-order valence-corrected chi connectivity index (χ4v) is 3.23. The maximum atomic E-state index is 12.6. The number of hydrogen-bond donors (Lipinski definition) is 1. The van der Waals surface area contributed by atoms with Gasteiger partial charge in [-0.3, -0.25) is 9.59 Å². The molecule has 0 atom stereocenters. The maximum Gasteiger partial charge on any atom is 0.310 e. The van der Waals surface area contributed by atoms with Crippen molar-refractivity contribution in [2.75, 3.05) is 6.61 Å². The maximum absolute atomic E-state index is 12.6. The molecule has 0 bridgehead atoms. The number of nitrogens with one attached hydrogen (secondary N) is 1. The Labute approximate surface area is 157 Å². The number of carbonyl (C=O) groups excluding carboxylic acids is 1. The largest absolute Gasteiger partial charge is 0.466 e. The summed E-state index contributed by atoms with van der Waals surface area (Å²) in [5.74, 6) is -0.318. The SMILES string of the molecule is CCOC(=O)Cc1ccccc1-c1cc2cc(Br)c(Cl)cc2[nH]c1=O. The van der Waals surface area contributed by atoms with Gasteiger partial charge in [-0.25, -0.2) is 0 Å². The van der Waals surface area contributed by atoms with Gasteiger partial charge in [-0.2, -0.15) is 0 Å². The summed E-state index contributed by atoms with van der Waals surface area (Å²) in [7, 11) is 0. The van der Waals surface area contributed by atoms with Crippen LogP contribution in [0.15, 0.2) is 51.7 Å². The molecule has 4 nitrogen and oxygen atoms in total. The molecule has 1 aromatic heterocycles. The predicted octanol–water partition coefficient (Wildman–Crippen LogP) is 4.72. The van der Waals surface area contributed by atoms with E-state index in [2.05, 4.69) is 20.9 Å². The molecule has 1 heterocycles. The molecule has 0 saturated heterocycles. The Morgan fingerprint density at radius 2 is 1.96 bits per heavy atom. The number of aromatic amines is 1. The Kier molecular flexibility index (Phi) is 5.25. The van der Waals surface area contributed by atoms with Crippen molar-refractivity contribution >= 4 is 44.4 Å². The summed E-state index contributed by atoms with van der Waals surface area (Å²) < 4.78 is 5.77. The van der Waals surface area contributed by atoms with Crippen molar-refractivity contribution in [3.05, 3.63) is 67.9 Å². The Morgan fingerprint density at radius 1 is 1.20 bits per heavy atom. The summed E-state index contributed by atoms with van der Waals surface area (Å²) in [6.07, 6.45) is 0.117. The lowest BCUT2D eigenvalue weighted by molar-refractivity contribution is -0.142. The minimum atomic E-state index is -0.318. The Bertz CT molecular complexity index is 1010. The normalized spacial score (nSPS) is 10.8. The van der Waals surface area contributed by atoms with Crippen molar-refractivity contribution in [2.24, 2.45) is 0 Å². The lowest BCUT2D eigenvalue weighted by Crippen LogP contribution is -2.12. The van der Waals surface area contributed by atoms with Crippen LogP contribution in [0, 0.1) is 0 Å². The van der Waals surface area contributed by atoms with E-state index in [0.29, 0.717) is 28.3 Å². The molecule has 0 aliphatic carbocycles. The number of rotatable bonds is 4. The first-order chi connectivity index (χ1) is 12.0. The van der Waals surface area contributed by atoms with E-state index < -0.39 is 0 Å². The predicted molar refractivity (Wildman–Crippen MR) is 103 cm³/mol. The molecule has 0 unspecified atom stereocenters. The molecule has 0 fully saturated rings. The van der Waals surface area contributed by atoms with Crippen molar-refractivity contribution in [3.8, 4) is 11.1 Å². The second-order valence-electron chi connectivity index (χ2n) is 5.50. The van der Waals surface area contributed by atoms with Crippen molar-refractivity contribution in [1.82, 2.24) is 4.98 Å². The molecule has 3 rings (SSSR count). The van der Waals surface area contributed by atoms with Crippen molar-refractivity contribution in [2.45, 2.75) is 13.3 Å². The molecule has 0 spiro atoms. The van der Waals surface area contributed by atoms with E-state index in [9.17, 15) is 9.59 Å². The zero-order valence-corrected chi connectivity index (χ0v) is 15.8. The number of esters is 1. The molecule has 25 heavy (non-hydrogen) atoms. The van der Waals surface area contributed by atoms with Gasteiger partial charge in [0, 0.05) is 20.9 Å². The molecule has 0 aliphatic heterocycles. The third kappa shape index (κ3) is 3.78.